The molecule has 0 atom stereocenters. The highest BCUT2D eigenvalue weighted by molar-refractivity contribution is 7.10. The summed E-state index contributed by atoms with van der Waals surface area (Å²) in [6.07, 6.45) is 0. The van der Waals surface area contributed by atoms with Crippen LogP contribution < -0.4 is 10.6 Å². The molecule has 0 saturated carbocycles. The molecule has 0 aliphatic carbocycles. The van der Waals surface area contributed by atoms with Crippen LogP contribution in [0.25, 0.3) is 0 Å². The van der Waals surface area contributed by atoms with E-state index in [1.54, 1.807) is 0 Å². The van der Waals surface area contributed by atoms with Crippen LogP contribution in [0.1, 0.15) is 13.8 Å². The van der Waals surface area contributed by atoms with Crippen molar-refractivity contribution in [2.45, 2.75) is 19.4 Å². The zero-order chi connectivity index (χ0) is 10.3. The Bertz CT molecular complexity index is 331. The number of hydrogen-bond donors (Lipinski definition) is 2. The van der Waals surface area contributed by atoms with E-state index in [1.807, 2.05) is 19.9 Å². The van der Waals surface area contributed by atoms with E-state index in [1.165, 1.54) is 11.5 Å². The molecule has 1 saturated heterocycles. The third-order valence-corrected chi connectivity index (χ3v) is 3.70. The monoisotopic (exact) mass is 213 g/mol. The Kier molecular flexibility index (Phi) is 2.16. The first-order valence-corrected chi connectivity index (χ1v) is 5.48. The van der Waals surface area contributed by atoms with Crippen molar-refractivity contribution in [1.29, 1.82) is 0 Å². The minimum atomic E-state index is -0.529. The van der Waals surface area contributed by atoms with E-state index < -0.39 is 5.60 Å². The lowest BCUT2D eigenvalue weighted by Crippen LogP contribution is -2.64. The normalized spacial score (nSPS) is 19.9. The van der Waals surface area contributed by atoms with Gasteiger partial charge in [-0.05, 0) is 17.5 Å². The first kappa shape index (κ1) is 9.73. The lowest BCUT2D eigenvalue weighted by molar-refractivity contribution is -0.0297. The van der Waals surface area contributed by atoms with Crippen molar-refractivity contribution < 1.29 is 5.11 Å². The second-order valence-corrected chi connectivity index (χ2v) is 4.99. The Morgan fingerprint density at radius 3 is 2.71 bits per heavy atom. The largest absolute Gasteiger partial charge is 0.386 e. The molecule has 0 radical (unpaired) electrons. The van der Waals surface area contributed by atoms with E-state index >= 15 is 0 Å². The Labute approximate surface area is 87.5 Å². The zero-order valence-corrected chi connectivity index (χ0v) is 9.21. The molecule has 0 bridgehead atoms. The maximum atomic E-state index is 10.0. The Morgan fingerprint density at radius 2 is 2.29 bits per heavy atom. The summed E-state index contributed by atoms with van der Waals surface area (Å²) in [5.41, 5.74) is 5.00. The van der Waals surface area contributed by atoms with E-state index in [-0.39, 0.29) is 0 Å². The van der Waals surface area contributed by atoms with Gasteiger partial charge in [-0.1, -0.05) is 13.8 Å². The Balaban J connectivity index is 2.01. The summed E-state index contributed by atoms with van der Waals surface area (Å²) in [6.45, 7) is 5.45. The standard InChI is InChI=1S/C9H15N3OS/c1-6(2)9(13)4-12(5-9)8-3-7(10)11-14-8/h3,6,13H,4-5H2,1-2H3,(H2,10,11). The van der Waals surface area contributed by atoms with E-state index in [0.29, 0.717) is 24.8 Å². The van der Waals surface area contributed by atoms with Crippen LogP contribution in [0.3, 0.4) is 0 Å². The number of nitrogen functional groups attached to an aromatic ring is 1. The van der Waals surface area contributed by atoms with Crippen LogP contribution in [-0.2, 0) is 0 Å². The number of rotatable bonds is 2. The van der Waals surface area contributed by atoms with Gasteiger partial charge in [-0.2, -0.15) is 4.37 Å². The highest BCUT2D eigenvalue weighted by atomic mass is 32.1. The fourth-order valence-electron chi connectivity index (χ4n) is 1.56. The predicted octanol–water partition coefficient (Wildman–Crippen LogP) is 0.932. The van der Waals surface area contributed by atoms with E-state index in [0.717, 1.165) is 5.00 Å². The average molecular weight is 213 g/mol. The molecular weight excluding hydrogens is 198 g/mol. The van der Waals surface area contributed by atoms with Crippen molar-refractivity contribution >= 4 is 22.4 Å². The molecule has 1 fully saturated rings. The lowest BCUT2D eigenvalue weighted by Gasteiger charge is -2.49. The minimum Gasteiger partial charge on any atom is -0.386 e. The van der Waals surface area contributed by atoms with Crippen molar-refractivity contribution in [2.75, 3.05) is 23.7 Å². The molecule has 0 spiro atoms. The summed E-state index contributed by atoms with van der Waals surface area (Å²) in [4.78, 5) is 2.11. The third-order valence-electron chi connectivity index (χ3n) is 2.83. The van der Waals surface area contributed by atoms with Gasteiger partial charge in [0.15, 0.2) is 0 Å². The molecule has 1 aliphatic heterocycles. The van der Waals surface area contributed by atoms with Gasteiger partial charge < -0.3 is 15.7 Å². The molecule has 2 rings (SSSR count). The van der Waals surface area contributed by atoms with Crippen LogP contribution in [0.15, 0.2) is 6.07 Å². The van der Waals surface area contributed by atoms with Crippen LogP contribution in [0.4, 0.5) is 10.8 Å². The molecule has 0 unspecified atom stereocenters. The van der Waals surface area contributed by atoms with Crippen molar-refractivity contribution in [3.05, 3.63) is 6.07 Å². The average Bonchev–Trinajstić information content (AvgIpc) is 2.45. The molecule has 5 heteroatoms. The Morgan fingerprint density at radius 1 is 1.64 bits per heavy atom. The van der Waals surface area contributed by atoms with Crippen LogP contribution in [-0.4, -0.2) is 28.2 Å². The molecule has 14 heavy (non-hydrogen) atoms. The van der Waals surface area contributed by atoms with Crippen LogP contribution in [0.5, 0.6) is 0 Å². The molecule has 2 heterocycles. The summed E-state index contributed by atoms with van der Waals surface area (Å²) in [6, 6.07) is 1.85. The maximum Gasteiger partial charge on any atom is 0.139 e. The van der Waals surface area contributed by atoms with E-state index in [4.69, 9.17) is 5.73 Å². The van der Waals surface area contributed by atoms with Crippen LogP contribution in [0, 0.1) is 5.92 Å². The lowest BCUT2D eigenvalue weighted by atomic mass is 9.83. The van der Waals surface area contributed by atoms with Gasteiger partial charge in [0.1, 0.15) is 16.4 Å². The number of aromatic nitrogens is 1. The van der Waals surface area contributed by atoms with Crippen LogP contribution >= 0.6 is 11.5 Å². The van der Waals surface area contributed by atoms with Gasteiger partial charge in [-0.15, -0.1) is 0 Å². The molecule has 4 nitrogen and oxygen atoms in total. The molecule has 1 aliphatic rings. The van der Waals surface area contributed by atoms with Crippen molar-refractivity contribution in [3.63, 3.8) is 0 Å². The SMILES string of the molecule is CC(C)C1(O)CN(c2cc(N)ns2)C1. The summed E-state index contributed by atoms with van der Waals surface area (Å²) >= 11 is 1.39. The fourth-order valence-corrected chi connectivity index (χ4v) is 2.23. The van der Waals surface area contributed by atoms with Gasteiger partial charge in [-0.3, -0.25) is 0 Å². The maximum absolute atomic E-state index is 10.0. The summed E-state index contributed by atoms with van der Waals surface area (Å²) in [5.74, 6) is 0.856. The summed E-state index contributed by atoms with van der Waals surface area (Å²) in [7, 11) is 0. The second kappa shape index (κ2) is 3.10. The molecule has 1 aromatic rings. The molecule has 78 valence electrons. The highest BCUT2D eigenvalue weighted by Crippen LogP contribution is 2.35. The zero-order valence-electron chi connectivity index (χ0n) is 8.40. The molecular formula is C9H15N3OS. The second-order valence-electron chi connectivity index (χ2n) is 4.20. The number of anilines is 2. The molecule has 3 N–H and O–H groups in total. The van der Waals surface area contributed by atoms with Crippen molar-refractivity contribution in [1.82, 2.24) is 4.37 Å². The number of aliphatic hydroxyl groups is 1. The van der Waals surface area contributed by atoms with Gasteiger partial charge in [0.05, 0.1) is 0 Å². The first-order chi connectivity index (χ1) is 6.51. The highest BCUT2D eigenvalue weighted by Gasteiger charge is 2.44. The Hall–Kier alpha value is -0.810. The predicted molar refractivity (Wildman–Crippen MR) is 58.5 cm³/mol. The minimum absolute atomic E-state index is 0.295. The fraction of sp³-hybridized carbons (Fsp3) is 0.667. The van der Waals surface area contributed by atoms with Gasteiger partial charge in [0, 0.05) is 19.2 Å². The third kappa shape index (κ3) is 1.46. The number of β-amino-alcohol motifs (C(OH)–C–C–N with tert-alkyl or cyclic N) is 1. The number of nitrogens with two attached hydrogens (primary N) is 1. The van der Waals surface area contributed by atoms with E-state index in [2.05, 4.69) is 9.27 Å². The quantitative estimate of drug-likeness (QED) is 0.767. The number of hydrogen-bond acceptors (Lipinski definition) is 5. The molecule has 0 amide bonds. The van der Waals surface area contributed by atoms with Crippen molar-refractivity contribution in [2.24, 2.45) is 5.92 Å². The smallest absolute Gasteiger partial charge is 0.139 e. The molecule has 0 aromatic carbocycles. The van der Waals surface area contributed by atoms with Gasteiger partial charge in [0.2, 0.25) is 0 Å². The first-order valence-electron chi connectivity index (χ1n) is 4.71. The van der Waals surface area contributed by atoms with Crippen molar-refractivity contribution in [3.8, 4) is 0 Å². The van der Waals surface area contributed by atoms with Gasteiger partial charge in [0.25, 0.3) is 0 Å². The van der Waals surface area contributed by atoms with Gasteiger partial charge in [-0.25, -0.2) is 0 Å². The topological polar surface area (TPSA) is 62.4 Å². The summed E-state index contributed by atoms with van der Waals surface area (Å²) in [5, 5.41) is 11.1. The van der Waals surface area contributed by atoms with E-state index in [9.17, 15) is 5.11 Å². The number of nitrogens with zero attached hydrogens (tertiary/aromatic N) is 2. The summed E-state index contributed by atoms with van der Waals surface area (Å²) < 4.78 is 4.01. The van der Waals surface area contributed by atoms with Gasteiger partial charge >= 0.3 is 0 Å². The van der Waals surface area contributed by atoms with Crippen LogP contribution in [0.2, 0.25) is 0 Å². The molecule has 1 aromatic heterocycles.